The maximum Gasteiger partial charge on any atom is 0.115 e. The van der Waals surface area contributed by atoms with E-state index in [4.69, 9.17) is 0 Å². The Balaban J connectivity index is 2.33. The van der Waals surface area contributed by atoms with Gasteiger partial charge >= 0.3 is 0 Å². The summed E-state index contributed by atoms with van der Waals surface area (Å²) in [5.74, 6) is 0. The van der Waals surface area contributed by atoms with Gasteiger partial charge in [0.1, 0.15) is 5.72 Å². The Morgan fingerprint density at radius 2 is 2.05 bits per heavy atom. The lowest BCUT2D eigenvalue weighted by molar-refractivity contribution is -0.122. The Bertz CT molecular complexity index is 413. The van der Waals surface area contributed by atoms with Gasteiger partial charge in [0.15, 0.2) is 0 Å². The molecule has 0 spiro atoms. The van der Waals surface area contributed by atoms with Crippen molar-refractivity contribution in [3.05, 3.63) is 35.4 Å². The first-order chi connectivity index (χ1) is 9.10. The van der Waals surface area contributed by atoms with Gasteiger partial charge in [0, 0.05) is 12.6 Å². The van der Waals surface area contributed by atoms with E-state index < -0.39 is 5.72 Å². The van der Waals surface area contributed by atoms with Gasteiger partial charge < -0.3 is 5.11 Å². The average Bonchev–Trinajstić information content (AvgIpc) is 2.44. The molecule has 2 atom stereocenters. The van der Waals surface area contributed by atoms with Crippen LogP contribution in [0.15, 0.2) is 24.3 Å². The van der Waals surface area contributed by atoms with Gasteiger partial charge in [-0.3, -0.25) is 4.90 Å². The molecular weight excluding hydrogens is 234 g/mol. The molecule has 1 aliphatic carbocycles. The van der Waals surface area contributed by atoms with Crippen LogP contribution in [0.5, 0.6) is 0 Å². The zero-order chi connectivity index (χ0) is 13.9. The highest BCUT2D eigenvalue weighted by atomic mass is 16.3. The van der Waals surface area contributed by atoms with Crippen molar-refractivity contribution in [1.82, 2.24) is 4.90 Å². The van der Waals surface area contributed by atoms with Crippen molar-refractivity contribution in [2.24, 2.45) is 0 Å². The van der Waals surface area contributed by atoms with Gasteiger partial charge in [0.05, 0.1) is 0 Å². The molecule has 1 aromatic carbocycles. The third-order valence-electron chi connectivity index (χ3n) is 4.47. The number of benzene rings is 1. The molecule has 0 aliphatic heterocycles. The normalized spacial score (nSPS) is 22.1. The van der Waals surface area contributed by atoms with E-state index in [1.54, 1.807) is 0 Å². The van der Waals surface area contributed by atoms with Crippen LogP contribution in [0.4, 0.5) is 0 Å². The number of hydrogen-bond donors (Lipinski definition) is 1. The maximum absolute atomic E-state index is 10.7. The standard InChI is InChI=1S/C17H27NO/c1-4-13-18(17(3,19)5-2)16-12-8-10-14-9-6-7-11-15(14)16/h6-7,9,11,16,19H,4-5,8,10,12-13H2,1-3H3. The molecule has 2 nitrogen and oxygen atoms in total. The van der Waals surface area contributed by atoms with Crippen molar-refractivity contribution in [2.45, 2.75) is 64.6 Å². The molecule has 106 valence electrons. The summed E-state index contributed by atoms with van der Waals surface area (Å²) in [5, 5.41) is 10.7. The van der Waals surface area contributed by atoms with Crippen molar-refractivity contribution in [2.75, 3.05) is 6.54 Å². The highest BCUT2D eigenvalue weighted by Crippen LogP contribution is 2.38. The zero-order valence-corrected chi connectivity index (χ0v) is 12.5. The van der Waals surface area contributed by atoms with Gasteiger partial charge in [0.25, 0.3) is 0 Å². The van der Waals surface area contributed by atoms with Crippen LogP contribution in [0, 0.1) is 0 Å². The van der Waals surface area contributed by atoms with Crippen LogP contribution in [0.2, 0.25) is 0 Å². The van der Waals surface area contributed by atoms with Crippen LogP contribution in [0.3, 0.4) is 0 Å². The maximum atomic E-state index is 10.7. The SMILES string of the molecule is CCCN(C1CCCc2ccccc21)C(C)(O)CC. The van der Waals surface area contributed by atoms with E-state index >= 15 is 0 Å². The molecule has 0 aromatic heterocycles. The second-order valence-electron chi connectivity index (χ2n) is 5.87. The lowest BCUT2D eigenvalue weighted by atomic mass is 9.85. The molecule has 1 aromatic rings. The first kappa shape index (κ1) is 14.5. The molecule has 0 heterocycles. The van der Waals surface area contributed by atoms with Crippen molar-refractivity contribution in [1.29, 1.82) is 0 Å². The van der Waals surface area contributed by atoms with Crippen LogP contribution in [0.1, 0.15) is 63.6 Å². The number of aryl methyl sites for hydroxylation is 1. The van der Waals surface area contributed by atoms with E-state index in [-0.39, 0.29) is 0 Å². The molecule has 2 heteroatoms. The van der Waals surface area contributed by atoms with Gasteiger partial charge in [-0.1, -0.05) is 38.1 Å². The molecule has 19 heavy (non-hydrogen) atoms. The number of aliphatic hydroxyl groups is 1. The summed E-state index contributed by atoms with van der Waals surface area (Å²) in [6.07, 6.45) is 5.41. The molecule has 1 aliphatic rings. The first-order valence-corrected chi connectivity index (χ1v) is 7.67. The molecule has 0 fully saturated rings. The largest absolute Gasteiger partial charge is 0.376 e. The van der Waals surface area contributed by atoms with Crippen LogP contribution in [0.25, 0.3) is 0 Å². The minimum Gasteiger partial charge on any atom is -0.376 e. The third kappa shape index (κ3) is 3.01. The van der Waals surface area contributed by atoms with E-state index in [9.17, 15) is 5.11 Å². The minimum atomic E-state index is -0.703. The Labute approximate surface area is 117 Å². The fourth-order valence-corrected chi connectivity index (χ4v) is 3.23. The minimum absolute atomic E-state index is 0.375. The zero-order valence-electron chi connectivity index (χ0n) is 12.5. The van der Waals surface area contributed by atoms with E-state index in [0.29, 0.717) is 6.04 Å². The molecule has 0 saturated heterocycles. The van der Waals surface area contributed by atoms with Crippen molar-refractivity contribution in [3.8, 4) is 0 Å². The van der Waals surface area contributed by atoms with E-state index in [0.717, 1.165) is 25.8 Å². The topological polar surface area (TPSA) is 23.5 Å². The van der Waals surface area contributed by atoms with Crippen LogP contribution >= 0.6 is 0 Å². The summed E-state index contributed by atoms with van der Waals surface area (Å²) in [4.78, 5) is 2.31. The Morgan fingerprint density at radius 3 is 2.74 bits per heavy atom. The number of hydrogen-bond acceptors (Lipinski definition) is 2. The smallest absolute Gasteiger partial charge is 0.115 e. The summed E-state index contributed by atoms with van der Waals surface area (Å²) in [6, 6.07) is 9.12. The molecule has 0 saturated carbocycles. The highest BCUT2D eigenvalue weighted by molar-refractivity contribution is 5.32. The second-order valence-corrected chi connectivity index (χ2v) is 5.87. The summed E-state index contributed by atoms with van der Waals surface area (Å²) in [7, 11) is 0. The average molecular weight is 261 g/mol. The quantitative estimate of drug-likeness (QED) is 0.813. The second kappa shape index (κ2) is 6.06. The summed E-state index contributed by atoms with van der Waals surface area (Å²) < 4.78 is 0. The van der Waals surface area contributed by atoms with Gasteiger partial charge in [-0.15, -0.1) is 0 Å². The Kier molecular flexibility index (Phi) is 4.64. The van der Waals surface area contributed by atoms with Crippen LogP contribution in [-0.2, 0) is 6.42 Å². The van der Waals surface area contributed by atoms with E-state index in [2.05, 4.69) is 43.0 Å². The van der Waals surface area contributed by atoms with Gasteiger partial charge in [-0.05, 0) is 50.2 Å². The Morgan fingerprint density at radius 1 is 1.32 bits per heavy atom. The van der Waals surface area contributed by atoms with Crippen molar-refractivity contribution < 1.29 is 5.11 Å². The lowest BCUT2D eigenvalue weighted by Crippen LogP contribution is -2.49. The van der Waals surface area contributed by atoms with Gasteiger partial charge in [-0.2, -0.15) is 0 Å². The van der Waals surface area contributed by atoms with E-state index in [1.165, 1.54) is 24.0 Å². The summed E-state index contributed by atoms with van der Waals surface area (Å²) in [6.45, 7) is 7.17. The van der Waals surface area contributed by atoms with E-state index in [1.807, 2.05) is 6.92 Å². The molecule has 1 N–H and O–H groups in total. The molecular formula is C17H27NO. The number of rotatable bonds is 5. The molecule has 0 radical (unpaired) electrons. The van der Waals surface area contributed by atoms with Crippen molar-refractivity contribution in [3.63, 3.8) is 0 Å². The highest BCUT2D eigenvalue weighted by Gasteiger charge is 2.35. The van der Waals surface area contributed by atoms with Crippen molar-refractivity contribution >= 4 is 0 Å². The summed E-state index contributed by atoms with van der Waals surface area (Å²) in [5.41, 5.74) is 2.19. The Hall–Kier alpha value is -0.860. The number of nitrogens with zero attached hydrogens (tertiary/aromatic N) is 1. The molecule has 0 amide bonds. The van der Waals surface area contributed by atoms with Gasteiger partial charge in [-0.25, -0.2) is 0 Å². The predicted octanol–water partition coefficient (Wildman–Crippen LogP) is 3.89. The lowest BCUT2D eigenvalue weighted by Gasteiger charge is -2.44. The fourth-order valence-electron chi connectivity index (χ4n) is 3.23. The molecule has 2 rings (SSSR count). The predicted molar refractivity (Wildman–Crippen MR) is 80.0 cm³/mol. The summed E-state index contributed by atoms with van der Waals surface area (Å²) >= 11 is 0. The van der Waals surface area contributed by atoms with Gasteiger partial charge in [0.2, 0.25) is 0 Å². The number of fused-ring (bicyclic) bond motifs is 1. The fraction of sp³-hybridized carbons (Fsp3) is 0.647. The first-order valence-electron chi connectivity index (χ1n) is 7.67. The van der Waals surface area contributed by atoms with Crippen LogP contribution < -0.4 is 0 Å². The van der Waals surface area contributed by atoms with Crippen LogP contribution in [-0.4, -0.2) is 22.3 Å². The monoisotopic (exact) mass is 261 g/mol. The molecule has 0 bridgehead atoms. The third-order valence-corrected chi connectivity index (χ3v) is 4.47. The molecule has 2 unspecified atom stereocenters.